The number of benzene rings is 2. The maximum Gasteiger partial charge on any atom is 0.255 e. The van der Waals surface area contributed by atoms with Crippen LogP contribution < -0.4 is 24.4 Å². The number of hydrogen-bond acceptors (Lipinski definition) is 7. The maximum atomic E-state index is 12.5. The molecule has 0 radical (unpaired) electrons. The summed E-state index contributed by atoms with van der Waals surface area (Å²) in [6.45, 7) is 4.37. The molecule has 1 amide bonds. The number of rotatable bonds is 8. The fraction of sp³-hybridized carbons (Fsp3) is 0.308. The van der Waals surface area contributed by atoms with Crippen molar-refractivity contribution in [2.45, 2.75) is 6.54 Å². The first-order valence-corrected chi connectivity index (χ1v) is 11.2. The van der Waals surface area contributed by atoms with E-state index in [9.17, 15) is 4.79 Å². The third kappa shape index (κ3) is 5.40. The number of ether oxygens (including phenoxy) is 3. The van der Waals surface area contributed by atoms with Crippen molar-refractivity contribution in [1.29, 1.82) is 0 Å². The lowest BCUT2D eigenvalue weighted by Crippen LogP contribution is -2.46. The molecule has 1 N–H and O–H groups in total. The fourth-order valence-electron chi connectivity index (χ4n) is 4.07. The first kappa shape index (κ1) is 23.4. The molecule has 0 unspecified atom stereocenters. The molecule has 2 heterocycles. The summed E-state index contributed by atoms with van der Waals surface area (Å²) in [5, 5.41) is 2.89. The molecule has 178 valence electrons. The molecule has 4 rings (SSSR count). The topological polar surface area (TPSA) is 76.2 Å². The quantitative estimate of drug-likeness (QED) is 0.547. The standard InChI is InChI=1S/C26H30N4O4/c1-32-22-8-4-6-19(16-22)26(31)28-21-10-11-24(27-17-21)30-14-12-29(13-15-30)18-20-7-5-9-23(33-2)25(20)34-3/h4-11,16-17H,12-15,18H2,1-3H3,(H,28,31). The van der Waals surface area contributed by atoms with E-state index in [-0.39, 0.29) is 5.91 Å². The van der Waals surface area contributed by atoms with Gasteiger partial charge < -0.3 is 24.4 Å². The van der Waals surface area contributed by atoms with Crippen molar-refractivity contribution in [2.75, 3.05) is 57.7 Å². The lowest BCUT2D eigenvalue weighted by atomic mass is 10.1. The average molecular weight is 463 g/mol. The van der Waals surface area contributed by atoms with Crippen LogP contribution in [0.2, 0.25) is 0 Å². The molecule has 8 nitrogen and oxygen atoms in total. The van der Waals surface area contributed by atoms with Gasteiger partial charge in [-0.1, -0.05) is 18.2 Å². The van der Waals surface area contributed by atoms with Gasteiger partial charge in [-0.2, -0.15) is 0 Å². The van der Waals surface area contributed by atoms with E-state index >= 15 is 0 Å². The summed E-state index contributed by atoms with van der Waals surface area (Å²) < 4.78 is 16.2. The van der Waals surface area contributed by atoms with E-state index in [1.54, 1.807) is 51.8 Å². The molecule has 1 saturated heterocycles. The number of carbonyl (C=O) groups excluding carboxylic acids is 1. The van der Waals surface area contributed by atoms with Crippen LogP contribution in [-0.2, 0) is 6.54 Å². The molecule has 1 aliphatic rings. The number of carbonyl (C=O) groups is 1. The van der Waals surface area contributed by atoms with Crippen molar-refractivity contribution in [1.82, 2.24) is 9.88 Å². The first-order chi connectivity index (χ1) is 16.6. The second-order valence-corrected chi connectivity index (χ2v) is 8.01. The van der Waals surface area contributed by atoms with Crippen LogP contribution in [0.3, 0.4) is 0 Å². The zero-order valence-corrected chi connectivity index (χ0v) is 19.8. The van der Waals surface area contributed by atoms with Gasteiger partial charge in [0.25, 0.3) is 5.91 Å². The minimum absolute atomic E-state index is 0.199. The molecule has 8 heteroatoms. The minimum atomic E-state index is -0.199. The van der Waals surface area contributed by atoms with Crippen LogP contribution in [0.4, 0.5) is 11.5 Å². The summed E-state index contributed by atoms with van der Waals surface area (Å²) in [6, 6.07) is 16.9. The van der Waals surface area contributed by atoms with Crippen molar-refractivity contribution in [3.05, 3.63) is 71.9 Å². The second kappa shape index (κ2) is 10.9. The second-order valence-electron chi connectivity index (χ2n) is 8.01. The Balaban J connectivity index is 1.32. The lowest BCUT2D eigenvalue weighted by molar-refractivity contribution is 0.102. The number of nitrogens with one attached hydrogen (secondary N) is 1. The van der Waals surface area contributed by atoms with Crippen molar-refractivity contribution < 1.29 is 19.0 Å². The highest BCUT2D eigenvalue weighted by Crippen LogP contribution is 2.31. The molecule has 34 heavy (non-hydrogen) atoms. The van der Waals surface area contributed by atoms with E-state index in [4.69, 9.17) is 14.2 Å². The maximum absolute atomic E-state index is 12.5. The highest BCUT2D eigenvalue weighted by atomic mass is 16.5. The monoisotopic (exact) mass is 462 g/mol. The first-order valence-electron chi connectivity index (χ1n) is 11.2. The Morgan fingerprint density at radius 1 is 0.941 bits per heavy atom. The van der Waals surface area contributed by atoms with Crippen molar-refractivity contribution in [3.63, 3.8) is 0 Å². The average Bonchev–Trinajstić information content (AvgIpc) is 2.89. The molecule has 0 spiro atoms. The van der Waals surface area contributed by atoms with Crippen molar-refractivity contribution in [3.8, 4) is 17.2 Å². The summed E-state index contributed by atoms with van der Waals surface area (Å²) >= 11 is 0. The minimum Gasteiger partial charge on any atom is -0.497 e. The fourth-order valence-corrected chi connectivity index (χ4v) is 4.07. The molecule has 3 aromatic rings. The SMILES string of the molecule is COc1cccc(C(=O)Nc2ccc(N3CCN(Cc4cccc(OC)c4OC)CC3)nc2)c1. The Morgan fingerprint density at radius 3 is 2.41 bits per heavy atom. The van der Waals surface area contributed by atoms with Gasteiger partial charge in [0.05, 0.1) is 33.2 Å². The van der Waals surface area contributed by atoms with Gasteiger partial charge in [0.2, 0.25) is 0 Å². The third-order valence-corrected chi connectivity index (χ3v) is 5.91. The van der Waals surface area contributed by atoms with Gasteiger partial charge in [-0.3, -0.25) is 9.69 Å². The van der Waals surface area contributed by atoms with Crippen LogP contribution in [0.1, 0.15) is 15.9 Å². The van der Waals surface area contributed by atoms with Crippen LogP contribution >= 0.6 is 0 Å². The number of methoxy groups -OCH3 is 3. The smallest absolute Gasteiger partial charge is 0.255 e. The predicted octanol–water partition coefficient (Wildman–Crippen LogP) is 3.68. The van der Waals surface area contributed by atoms with Crippen LogP contribution in [0.5, 0.6) is 17.2 Å². The Morgan fingerprint density at radius 2 is 1.74 bits per heavy atom. The summed E-state index contributed by atoms with van der Waals surface area (Å²) in [7, 11) is 4.91. The molecular formula is C26H30N4O4. The van der Waals surface area contributed by atoms with Gasteiger partial charge in [0, 0.05) is 43.9 Å². The van der Waals surface area contributed by atoms with E-state index in [1.165, 1.54) is 0 Å². The van der Waals surface area contributed by atoms with Gasteiger partial charge in [0.1, 0.15) is 11.6 Å². The van der Waals surface area contributed by atoms with Crippen LogP contribution in [0, 0.1) is 0 Å². The number of aromatic nitrogens is 1. The molecule has 0 bridgehead atoms. The number of pyridine rings is 1. The molecule has 0 saturated carbocycles. The number of hydrogen-bond donors (Lipinski definition) is 1. The molecule has 1 aliphatic heterocycles. The zero-order valence-electron chi connectivity index (χ0n) is 19.8. The van der Waals surface area contributed by atoms with Gasteiger partial charge in [-0.05, 0) is 36.4 Å². The molecule has 1 fully saturated rings. The van der Waals surface area contributed by atoms with E-state index in [0.29, 0.717) is 17.0 Å². The summed E-state index contributed by atoms with van der Waals surface area (Å²) in [6.07, 6.45) is 1.70. The van der Waals surface area contributed by atoms with E-state index < -0.39 is 0 Å². The zero-order chi connectivity index (χ0) is 23.9. The van der Waals surface area contributed by atoms with Gasteiger partial charge in [-0.25, -0.2) is 4.98 Å². The van der Waals surface area contributed by atoms with Crippen LogP contribution in [-0.4, -0.2) is 63.3 Å². The highest BCUT2D eigenvalue weighted by molar-refractivity contribution is 6.04. The van der Waals surface area contributed by atoms with Crippen LogP contribution in [0.15, 0.2) is 60.8 Å². The number of para-hydroxylation sites is 1. The normalized spacial score (nSPS) is 13.9. The van der Waals surface area contributed by atoms with Gasteiger partial charge in [-0.15, -0.1) is 0 Å². The number of anilines is 2. The van der Waals surface area contributed by atoms with Gasteiger partial charge >= 0.3 is 0 Å². The third-order valence-electron chi connectivity index (χ3n) is 5.91. The Kier molecular flexibility index (Phi) is 7.49. The Hall–Kier alpha value is -3.78. The van der Waals surface area contributed by atoms with Crippen molar-refractivity contribution in [2.24, 2.45) is 0 Å². The number of nitrogens with zero attached hydrogens (tertiary/aromatic N) is 3. The number of amides is 1. The van der Waals surface area contributed by atoms with Crippen molar-refractivity contribution >= 4 is 17.4 Å². The Labute approximate surface area is 200 Å². The molecule has 0 atom stereocenters. The van der Waals surface area contributed by atoms with Gasteiger partial charge in [0.15, 0.2) is 11.5 Å². The Bertz CT molecular complexity index is 1110. The van der Waals surface area contributed by atoms with E-state index in [1.807, 2.05) is 24.3 Å². The predicted molar refractivity (Wildman–Crippen MR) is 132 cm³/mol. The lowest BCUT2D eigenvalue weighted by Gasteiger charge is -2.35. The van der Waals surface area contributed by atoms with E-state index in [2.05, 4.69) is 26.2 Å². The summed E-state index contributed by atoms with van der Waals surface area (Å²) in [5.41, 5.74) is 2.30. The largest absolute Gasteiger partial charge is 0.497 e. The summed E-state index contributed by atoms with van der Waals surface area (Å²) in [5.74, 6) is 2.89. The molecule has 1 aromatic heterocycles. The van der Waals surface area contributed by atoms with Crippen LogP contribution in [0.25, 0.3) is 0 Å². The van der Waals surface area contributed by atoms with E-state index in [0.717, 1.165) is 55.6 Å². The highest BCUT2D eigenvalue weighted by Gasteiger charge is 2.20. The molecule has 2 aromatic carbocycles. The summed E-state index contributed by atoms with van der Waals surface area (Å²) in [4.78, 5) is 21.7. The molecular weight excluding hydrogens is 432 g/mol. The molecule has 0 aliphatic carbocycles. The number of piperazine rings is 1.